The summed E-state index contributed by atoms with van der Waals surface area (Å²) in [7, 11) is 1.61. The maximum Gasteiger partial charge on any atom is 0.254 e. The summed E-state index contributed by atoms with van der Waals surface area (Å²) in [5, 5.41) is 2.71. The van der Waals surface area contributed by atoms with Gasteiger partial charge in [0.1, 0.15) is 0 Å². The smallest absolute Gasteiger partial charge is 0.254 e. The molecule has 0 radical (unpaired) electrons. The highest BCUT2D eigenvalue weighted by Crippen LogP contribution is 2.26. The summed E-state index contributed by atoms with van der Waals surface area (Å²) in [4.78, 5) is 26.6. The Morgan fingerprint density at radius 1 is 1.14 bits per heavy atom. The maximum absolute atomic E-state index is 12.7. The zero-order valence-electron chi connectivity index (χ0n) is 16.8. The normalized spacial score (nSPS) is 19.3. The fourth-order valence-electron chi connectivity index (χ4n) is 3.74. The lowest BCUT2D eigenvalue weighted by Crippen LogP contribution is -2.61. The molecule has 28 heavy (non-hydrogen) atoms. The largest absolute Gasteiger partial charge is 0.361 e. The van der Waals surface area contributed by atoms with Crippen LogP contribution in [0.25, 0.3) is 11.1 Å². The molecule has 1 unspecified atom stereocenters. The van der Waals surface area contributed by atoms with Gasteiger partial charge in [-0.1, -0.05) is 61.0 Å². The van der Waals surface area contributed by atoms with E-state index in [9.17, 15) is 9.59 Å². The molecule has 1 aliphatic heterocycles. The van der Waals surface area contributed by atoms with Crippen molar-refractivity contribution in [3.8, 4) is 11.1 Å². The van der Waals surface area contributed by atoms with Crippen LogP contribution in [0.2, 0.25) is 0 Å². The van der Waals surface area contributed by atoms with Crippen molar-refractivity contribution in [1.82, 2.24) is 10.2 Å². The van der Waals surface area contributed by atoms with Crippen LogP contribution in [0, 0.1) is 6.92 Å². The second-order valence-corrected chi connectivity index (χ2v) is 7.33. The van der Waals surface area contributed by atoms with Crippen molar-refractivity contribution in [2.24, 2.45) is 0 Å². The Labute approximate surface area is 166 Å². The number of amides is 2. The molecule has 0 bridgehead atoms. The quantitative estimate of drug-likeness (QED) is 0.868. The lowest BCUT2D eigenvalue weighted by Gasteiger charge is -2.41. The van der Waals surface area contributed by atoms with E-state index >= 15 is 0 Å². The fourth-order valence-corrected chi connectivity index (χ4v) is 3.74. The first kappa shape index (κ1) is 20.1. The average Bonchev–Trinajstić information content (AvgIpc) is 2.73. The van der Waals surface area contributed by atoms with Gasteiger partial charge in [0.25, 0.3) is 5.91 Å². The van der Waals surface area contributed by atoms with Crippen LogP contribution in [0.3, 0.4) is 0 Å². The van der Waals surface area contributed by atoms with E-state index in [0.717, 1.165) is 11.1 Å². The summed E-state index contributed by atoms with van der Waals surface area (Å²) in [6, 6.07) is 16.6. The van der Waals surface area contributed by atoms with Gasteiger partial charge in [-0.05, 0) is 23.6 Å². The van der Waals surface area contributed by atoms with Gasteiger partial charge in [-0.25, -0.2) is 0 Å². The van der Waals surface area contributed by atoms with E-state index in [4.69, 9.17) is 4.74 Å². The molecule has 0 aromatic heterocycles. The topological polar surface area (TPSA) is 58.6 Å². The Kier molecular flexibility index (Phi) is 6.15. The number of nitrogens with one attached hydrogen (secondary N) is 1. The number of morpholine rings is 1. The van der Waals surface area contributed by atoms with Gasteiger partial charge in [-0.2, -0.15) is 0 Å². The SMILES string of the molecule is CCC(=O)N1CCOC(Cc2ccc(-c3cccc(C)c3)cc2)(C(=O)NC)C1. The van der Waals surface area contributed by atoms with E-state index < -0.39 is 5.60 Å². The molecule has 1 heterocycles. The zero-order chi connectivity index (χ0) is 20.1. The standard InChI is InChI=1S/C23H28N2O3/c1-4-21(26)25-12-13-28-23(16-25,22(27)24-3)15-18-8-10-19(11-9-18)20-7-5-6-17(2)14-20/h5-11,14H,4,12-13,15-16H2,1-3H3,(H,24,27). The highest BCUT2D eigenvalue weighted by Gasteiger charge is 2.44. The molecule has 3 rings (SSSR count). The zero-order valence-corrected chi connectivity index (χ0v) is 16.8. The van der Waals surface area contributed by atoms with Crippen LogP contribution in [-0.2, 0) is 20.7 Å². The van der Waals surface area contributed by atoms with E-state index in [1.165, 1.54) is 11.1 Å². The second-order valence-electron chi connectivity index (χ2n) is 7.33. The molecule has 1 atom stereocenters. The number of hydrogen-bond acceptors (Lipinski definition) is 3. The van der Waals surface area contributed by atoms with E-state index in [1.807, 2.05) is 25.1 Å². The van der Waals surface area contributed by atoms with Crippen molar-refractivity contribution >= 4 is 11.8 Å². The van der Waals surface area contributed by atoms with Gasteiger partial charge in [0.05, 0.1) is 13.2 Å². The molecule has 0 saturated carbocycles. The summed E-state index contributed by atoms with van der Waals surface area (Å²) in [5.41, 5.74) is 3.47. The number of rotatable bonds is 5. The Hall–Kier alpha value is -2.66. The summed E-state index contributed by atoms with van der Waals surface area (Å²) in [5.74, 6) is -0.143. The van der Waals surface area contributed by atoms with Gasteiger partial charge in [0.15, 0.2) is 5.60 Å². The van der Waals surface area contributed by atoms with Crippen molar-refractivity contribution in [1.29, 1.82) is 0 Å². The van der Waals surface area contributed by atoms with Crippen molar-refractivity contribution in [3.63, 3.8) is 0 Å². The third-order valence-corrected chi connectivity index (χ3v) is 5.28. The number of nitrogens with zero attached hydrogens (tertiary/aromatic N) is 1. The van der Waals surface area contributed by atoms with Crippen molar-refractivity contribution < 1.29 is 14.3 Å². The monoisotopic (exact) mass is 380 g/mol. The first-order valence-electron chi connectivity index (χ1n) is 9.77. The van der Waals surface area contributed by atoms with Crippen LogP contribution in [0.4, 0.5) is 0 Å². The minimum atomic E-state index is -1.05. The lowest BCUT2D eigenvalue weighted by atomic mass is 9.90. The number of carbonyl (C=O) groups is 2. The van der Waals surface area contributed by atoms with Crippen LogP contribution in [0.1, 0.15) is 24.5 Å². The molecule has 2 aromatic carbocycles. The molecule has 1 saturated heterocycles. The molecule has 5 heteroatoms. The molecule has 2 amide bonds. The van der Waals surface area contributed by atoms with Crippen LogP contribution >= 0.6 is 0 Å². The van der Waals surface area contributed by atoms with Crippen LogP contribution in [-0.4, -0.2) is 49.1 Å². The van der Waals surface area contributed by atoms with Gasteiger partial charge < -0.3 is 15.0 Å². The highest BCUT2D eigenvalue weighted by molar-refractivity contribution is 5.87. The molecule has 1 N–H and O–H groups in total. The number of carbonyl (C=O) groups excluding carboxylic acids is 2. The molecule has 148 valence electrons. The summed E-state index contributed by atoms with van der Waals surface area (Å²) >= 11 is 0. The fraction of sp³-hybridized carbons (Fsp3) is 0.391. The van der Waals surface area contributed by atoms with Crippen LogP contribution in [0.5, 0.6) is 0 Å². The van der Waals surface area contributed by atoms with Gasteiger partial charge >= 0.3 is 0 Å². The van der Waals surface area contributed by atoms with Crippen LogP contribution < -0.4 is 5.32 Å². The van der Waals surface area contributed by atoms with Gasteiger partial charge in [-0.15, -0.1) is 0 Å². The summed E-state index contributed by atoms with van der Waals surface area (Å²) in [6.07, 6.45) is 0.850. The highest BCUT2D eigenvalue weighted by atomic mass is 16.5. The van der Waals surface area contributed by atoms with Crippen LogP contribution in [0.15, 0.2) is 48.5 Å². The minimum absolute atomic E-state index is 0.0476. The minimum Gasteiger partial charge on any atom is -0.361 e. The molecular weight excluding hydrogens is 352 g/mol. The Morgan fingerprint density at radius 2 is 1.89 bits per heavy atom. The van der Waals surface area contributed by atoms with E-state index in [0.29, 0.717) is 26.0 Å². The maximum atomic E-state index is 12.7. The third-order valence-electron chi connectivity index (χ3n) is 5.28. The lowest BCUT2D eigenvalue weighted by molar-refractivity contribution is -0.165. The number of likely N-dealkylation sites (N-methyl/N-ethyl adjacent to an activating group) is 1. The Bertz CT molecular complexity index is 847. The van der Waals surface area contributed by atoms with Gasteiger partial charge in [-0.3, -0.25) is 9.59 Å². The predicted octanol–water partition coefficient (Wildman–Crippen LogP) is 2.96. The van der Waals surface area contributed by atoms with Gasteiger partial charge in [0, 0.05) is 26.4 Å². The van der Waals surface area contributed by atoms with Gasteiger partial charge in [0.2, 0.25) is 5.91 Å². The summed E-state index contributed by atoms with van der Waals surface area (Å²) < 4.78 is 5.97. The molecule has 1 aliphatic rings. The third kappa shape index (κ3) is 4.25. The molecular formula is C23H28N2O3. The molecule has 0 spiro atoms. The van der Waals surface area contributed by atoms with Crippen molar-refractivity contribution in [3.05, 3.63) is 59.7 Å². The Morgan fingerprint density at radius 3 is 2.54 bits per heavy atom. The number of benzene rings is 2. The molecule has 5 nitrogen and oxygen atoms in total. The number of ether oxygens (including phenoxy) is 1. The van der Waals surface area contributed by atoms with E-state index in [-0.39, 0.29) is 18.4 Å². The average molecular weight is 380 g/mol. The molecule has 2 aromatic rings. The first-order valence-corrected chi connectivity index (χ1v) is 9.77. The Balaban J connectivity index is 1.83. The molecule has 1 fully saturated rings. The van der Waals surface area contributed by atoms with Crippen molar-refractivity contribution in [2.75, 3.05) is 26.7 Å². The number of aryl methyl sites for hydroxylation is 1. The van der Waals surface area contributed by atoms with E-state index in [1.54, 1.807) is 11.9 Å². The summed E-state index contributed by atoms with van der Waals surface area (Å²) in [6.45, 7) is 5.08. The first-order chi connectivity index (χ1) is 13.5. The number of hydrogen-bond donors (Lipinski definition) is 1. The molecule has 0 aliphatic carbocycles. The second kappa shape index (κ2) is 8.57. The van der Waals surface area contributed by atoms with Crippen molar-refractivity contribution in [2.45, 2.75) is 32.3 Å². The van der Waals surface area contributed by atoms with E-state index in [2.05, 4.69) is 42.6 Å². The predicted molar refractivity (Wildman–Crippen MR) is 110 cm³/mol.